The summed E-state index contributed by atoms with van der Waals surface area (Å²) in [5.74, 6) is -0.0987. The van der Waals surface area contributed by atoms with Gasteiger partial charge in [0.15, 0.2) is 0 Å². The molecule has 0 fully saturated rings. The second-order valence-corrected chi connectivity index (χ2v) is 4.10. The van der Waals surface area contributed by atoms with E-state index in [1.807, 2.05) is 43.5 Å². The van der Waals surface area contributed by atoms with E-state index in [9.17, 15) is 4.39 Å². The maximum Gasteiger partial charge on any atom is 0.134 e. The van der Waals surface area contributed by atoms with Crippen LogP contribution in [-0.4, -0.2) is 6.26 Å². The number of fused-ring (bicyclic) bond motifs is 1. The highest BCUT2D eigenvalue weighted by Gasteiger charge is 2.07. The van der Waals surface area contributed by atoms with E-state index in [-0.39, 0.29) is 5.82 Å². The normalized spacial score (nSPS) is 10.8. The minimum absolute atomic E-state index is 0.0987. The first-order valence-electron chi connectivity index (χ1n) is 4.46. The second kappa shape index (κ2) is 3.62. The summed E-state index contributed by atoms with van der Waals surface area (Å²) in [5, 5.41) is 1.72. The molecule has 0 N–H and O–H groups in total. The standard InChI is InChI=1S/C12H11FS/c1-8-7-11(14-2)9-5-3-4-6-10(9)12(8)13/h3-7H,1-2H3. The zero-order chi connectivity index (χ0) is 10.1. The van der Waals surface area contributed by atoms with E-state index >= 15 is 0 Å². The third-order valence-electron chi connectivity index (χ3n) is 2.34. The lowest BCUT2D eigenvalue weighted by Gasteiger charge is -2.07. The SMILES string of the molecule is CSc1cc(C)c(F)c2ccccc12. The van der Waals surface area contributed by atoms with Crippen LogP contribution in [0.5, 0.6) is 0 Å². The highest BCUT2D eigenvalue weighted by Crippen LogP contribution is 2.30. The summed E-state index contributed by atoms with van der Waals surface area (Å²) in [4.78, 5) is 1.14. The van der Waals surface area contributed by atoms with Crippen LogP contribution in [0, 0.1) is 12.7 Å². The van der Waals surface area contributed by atoms with E-state index in [4.69, 9.17) is 0 Å². The van der Waals surface area contributed by atoms with Gasteiger partial charge in [-0.1, -0.05) is 24.3 Å². The van der Waals surface area contributed by atoms with Gasteiger partial charge in [-0.05, 0) is 30.2 Å². The van der Waals surface area contributed by atoms with Gasteiger partial charge in [-0.2, -0.15) is 0 Å². The molecular formula is C12H11FS. The monoisotopic (exact) mass is 206 g/mol. The van der Waals surface area contributed by atoms with Crippen LogP contribution in [0.25, 0.3) is 10.8 Å². The average Bonchev–Trinajstić information content (AvgIpc) is 2.23. The number of aryl methyl sites for hydroxylation is 1. The van der Waals surface area contributed by atoms with Crippen LogP contribution in [0.4, 0.5) is 4.39 Å². The van der Waals surface area contributed by atoms with Gasteiger partial charge >= 0.3 is 0 Å². The Balaban J connectivity index is 2.89. The third kappa shape index (κ3) is 1.40. The molecule has 0 saturated carbocycles. The smallest absolute Gasteiger partial charge is 0.134 e. The molecule has 14 heavy (non-hydrogen) atoms. The van der Waals surface area contributed by atoms with E-state index in [1.54, 1.807) is 11.8 Å². The van der Waals surface area contributed by atoms with E-state index < -0.39 is 0 Å². The van der Waals surface area contributed by atoms with Crippen molar-refractivity contribution in [3.63, 3.8) is 0 Å². The van der Waals surface area contributed by atoms with Crippen LogP contribution in [0.2, 0.25) is 0 Å². The predicted molar refractivity (Wildman–Crippen MR) is 60.4 cm³/mol. The van der Waals surface area contributed by atoms with Gasteiger partial charge in [-0.3, -0.25) is 0 Å². The van der Waals surface area contributed by atoms with Crippen molar-refractivity contribution in [2.24, 2.45) is 0 Å². The molecule has 0 aromatic heterocycles. The minimum Gasteiger partial charge on any atom is -0.206 e. The topological polar surface area (TPSA) is 0 Å². The molecule has 2 aromatic rings. The Kier molecular flexibility index (Phi) is 2.46. The zero-order valence-corrected chi connectivity index (χ0v) is 8.99. The summed E-state index contributed by atoms with van der Waals surface area (Å²) < 4.78 is 13.7. The van der Waals surface area contributed by atoms with E-state index in [2.05, 4.69) is 0 Å². The van der Waals surface area contributed by atoms with Gasteiger partial charge in [0.1, 0.15) is 5.82 Å². The van der Waals surface area contributed by atoms with Gasteiger partial charge in [0.05, 0.1) is 0 Å². The Hall–Kier alpha value is -1.02. The molecule has 0 nitrogen and oxygen atoms in total. The van der Waals surface area contributed by atoms with Crippen molar-refractivity contribution in [3.8, 4) is 0 Å². The number of hydrogen-bond donors (Lipinski definition) is 0. The van der Waals surface area contributed by atoms with Gasteiger partial charge in [0, 0.05) is 10.3 Å². The fourth-order valence-electron chi connectivity index (χ4n) is 1.61. The summed E-state index contributed by atoms with van der Waals surface area (Å²) in [7, 11) is 0. The lowest BCUT2D eigenvalue weighted by atomic mass is 10.1. The maximum atomic E-state index is 13.7. The molecule has 2 rings (SSSR count). The van der Waals surface area contributed by atoms with Crippen LogP contribution >= 0.6 is 11.8 Å². The molecule has 0 heterocycles. The van der Waals surface area contributed by atoms with Crippen LogP contribution in [0.15, 0.2) is 35.2 Å². The average molecular weight is 206 g/mol. The molecule has 2 heteroatoms. The Labute approximate surface area is 87.1 Å². The molecule has 0 amide bonds. The molecule has 0 radical (unpaired) electrons. The molecule has 0 aliphatic heterocycles. The number of benzene rings is 2. The molecule has 0 aliphatic rings. The molecular weight excluding hydrogens is 195 g/mol. The van der Waals surface area contributed by atoms with Gasteiger partial charge in [0.2, 0.25) is 0 Å². The summed E-state index contributed by atoms with van der Waals surface area (Å²) in [5.41, 5.74) is 0.716. The highest BCUT2D eigenvalue weighted by molar-refractivity contribution is 7.98. The third-order valence-corrected chi connectivity index (χ3v) is 3.12. The lowest BCUT2D eigenvalue weighted by molar-refractivity contribution is 0.630. The summed E-state index contributed by atoms with van der Waals surface area (Å²) in [6, 6.07) is 9.51. The van der Waals surface area contributed by atoms with Crippen LogP contribution in [0.3, 0.4) is 0 Å². The number of halogens is 1. The van der Waals surface area contributed by atoms with E-state index in [0.29, 0.717) is 5.56 Å². The Bertz CT molecular complexity index is 477. The van der Waals surface area contributed by atoms with Gasteiger partial charge in [-0.15, -0.1) is 11.8 Å². The van der Waals surface area contributed by atoms with E-state index in [1.165, 1.54) is 0 Å². The zero-order valence-electron chi connectivity index (χ0n) is 8.17. The number of rotatable bonds is 1. The van der Waals surface area contributed by atoms with Crippen molar-refractivity contribution in [1.29, 1.82) is 0 Å². The van der Waals surface area contributed by atoms with Crippen LogP contribution in [0.1, 0.15) is 5.56 Å². The van der Waals surface area contributed by atoms with Gasteiger partial charge < -0.3 is 0 Å². The van der Waals surface area contributed by atoms with Crippen molar-refractivity contribution in [2.45, 2.75) is 11.8 Å². The first kappa shape index (κ1) is 9.53. The molecule has 0 saturated heterocycles. The molecule has 0 bridgehead atoms. The fraction of sp³-hybridized carbons (Fsp3) is 0.167. The Morgan fingerprint density at radius 1 is 1.14 bits per heavy atom. The Morgan fingerprint density at radius 3 is 2.43 bits per heavy atom. The highest BCUT2D eigenvalue weighted by atomic mass is 32.2. The molecule has 2 aromatic carbocycles. The molecule has 0 aliphatic carbocycles. The first-order valence-corrected chi connectivity index (χ1v) is 5.68. The fourth-order valence-corrected chi connectivity index (χ4v) is 2.30. The van der Waals surface area contributed by atoms with Gasteiger partial charge in [0.25, 0.3) is 0 Å². The predicted octanol–water partition coefficient (Wildman–Crippen LogP) is 4.01. The maximum absolute atomic E-state index is 13.7. The molecule has 0 spiro atoms. The molecule has 0 unspecified atom stereocenters. The lowest BCUT2D eigenvalue weighted by Crippen LogP contribution is -1.87. The van der Waals surface area contributed by atoms with Crippen LogP contribution in [-0.2, 0) is 0 Å². The summed E-state index contributed by atoms with van der Waals surface area (Å²) >= 11 is 1.65. The Morgan fingerprint density at radius 2 is 1.79 bits per heavy atom. The first-order chi connectivity index (χ1) is 6.74. The van der Waals surface area contributed by atoms with Crippen molar-refractivity contribution in [2.75, 3.05) is 6.26 Å². The molecule has 72 valence electrons. The van der Waals surface area contributed by atoms with Gasteiger partial charge in [-0.25, -0.2) is 4.39 Å². The summed E-state index contributed by atoms with van der Waals surface area (Å²) in [6.07, 6.45) is 2.01. The number of thioether (sulfide) groups is 1. The minimum atomic E-state index is -0.0987. The van der Waals surface area contributed by atoms with Crippen LogP contribution < -0.4 is 0 Å². The van der Waals surface area contributed by atoms with Crippen molar-refractivity contribution < 1.29 is 4.39 Å². The summed E-state index contributed by atoms with van der Waals surface area (Å²) in [6.45, 7) is 1.81. The second-order valence-electron chi connectivity index (χ2n) is 3.26. The molecule has 0 atom stereocenters. The van der Waals surface area contributed by atoms with Crippen molar-refractivity contribution in [1.82, 2.24) is 0 Å². The van der Waals surface area contributed by atoms with Crippen molar-refractivity contribution in [3.05, 3.63) is 41.7 Å². The largest absolute Gasteiger partial charge is 0.206 e. The van der Waals surface area contributed by atoms with E-state index in [0.717, 1.165) is 15.7 Å². The number of hydrogen-bond acceptors (Lipinski definition) is 1. The quantitative estimate of drug-likeness (QED) is 0.635. The van der Waals surface area contributed by atoms with Crippen molar-refractivity contribution >= 4 is 22.5 Å².